The van der Waals surface area contributed by atoms with Gasteiger partial charge in [0.05, 0.1) is 28.1 Å². The van der Waals surface area contributed by atoms with Crippen LogP contribution in [-0.4, -0.2) is 30.8 Å². The lowest BCUT2D eigenvalue weighted by molar-refractivity contribution is 0.1000. The number of rotatable bonds is 8. The van der Waals surface area contributed by atoms with E-state index < -0.39 is 5.91 Å². The van der Waals surface area contributed by atoms with Gasteiger partial charge in [0.2, 0.25) is 5.91 Å². The van der Waals surface area contributed by atoms with Gasteiger partial charge in [-0.15, -0.1) is 0 Å². The number of nitrogens with one attached hydrogen (secondary N) is 1. The molecule has 7 heteroatoms. The minimum absolute atomic E-state index is 0.424. The van der Waals surface area contributed by atoms with Gasteiger partial charge in [-0.05, 0) is 54.8 Å². The van der Waals surface area contributed by atoms with Gasteiger partial charge in [-0.3, -0.25) is 19.7 Å². The normalized spacial score (nSPS) is 11.1. The standard InChI is InChI=1S/C28H26N6O/c1-2-5-21-8-4-9-23(32-21)27-26(19-11-12-22-24(17-19)31-15-14-30-22)33-25(34-27)13-10-18-6-3-7-20(16-18)28(29)35/h3-4,6-9,11-12,14-17H,2,5,10,13H2,1H3,(H2,29,35)(H,33,34). The van der Waals surface area contributed by atoms with Gasteiger partial charge in [0, 0.05) is 35.6 Å². The highest BCUT2D eigenvalue weighted by Crippen LogP contribution is 2.31. The summed E-state index contributed by atoms with van der Waals surface area (Å²) in [6, 6.07) is 19.5. The Kier molecular flexibility index (Phi) is 6.30. The Morgan fingerprint density at radius 1 is 0.886 bits per heavy atom. The molecule has 0 saturated carbocycles. The molecule has 0 saturated heterocycles. The summed E-state index contributed by atoms with van der Waals surface area (Å²) in [5.74, 6) is 0.424. The van der Waals surface area contributed by atoms with Crippen LogP contribution in [-0.2, 0) is 19.3 Å². The van der Waals surface area contributed by atoms with E-state index in [0.29, 0.717) is 12.0 Å². The Hall–Kier alpha value is -4.39. The number of amides is 1. The average molecular weight is 463 g/mol. The Morgan fingerprint density at radius 3 is 2.54 bits per heavy atom. The SMILES string of the molecule is CCCc1cccc(-c2[nH]c(CCc3cccc(C(N)=O)c3)nc2-c2ccc3nccnc3c2)n1. The lowest BCUT2D eigenvalue weighted by atomic mass is 10.1. The first-order valence-corrected chi connectivity index (χ1v) is 11.8. The number of aryl methyl sites for hydroxylation is 3. The molecule has 0 radical (unpaired) electrons. The topological polar surface area (TPSA) is 110 Å². The van der Waals surface area contributed by atoms with Crippen molar-refractivity contribution < 1.29 is 4.79 Å². The number of nitrogens with two attached hydrogens (primary N) is 1. The predicted molar refractivity (Wildman–Crippen MR) is 137 cm³/mol. The van der Waals surface area contributed by atoms with Crippen LogP contribution in [0.2, 0.25) is 0 Å². The Labute approximate surface area is 203 Å². The van der Waals surface area contributed by atoms with Gasteiger partial charge in [0.15, 0.2) is 0 Å². The molecule has 35 heavy (non-hydrogen) atoms. The van der Waals surface area contributed by atoms with Gasteiger partial charge >= 0.3 is 0 Å². The number of nitrogens with zero attached hydrogens (tertiary/aromatic N) is 4. The van der Waals surface area contributed by atoms with Crippen LogP contribution in [0.3, 0.4) is 0 Å². The molecule has 3 heterocycles. The molecule has 0 aliphatic heterocycles. The molecule has 3 N–H and O–H groups in total. The highest BCUT2D eigenvalue weighted by molar-refractivity contribution is 5.92. The number of hydrogen-bond acceptors (Lipinski definition) is 5. The molecule has 0 fully saturated rings. The van der Waals surface area contributed by atoms with E-state index in [2.05, 4.69) is 27.9 Å². The zero-order valence-corrected chi connectivity index (χ0v) is 19.5. The Morgan fingerprint density at radius 2 is 1.71 bits per heavy atom. The predicted octanol–water partition coefficient (Wildman–Crippen LogP) is 4.92. The summed E-state index contributed by atoms with van der Waals surface area (Å²) in [5.41, 5.74) is 13.2. The summed E-state index contributed by atoms with van der Waals surface area (Å²) in [4.78, 5) is 33.8. The molecule has 5 rings (SSSR count). The molecular formula is C28H26N6O. The maximum absolute atomic E-state index is 11.5. The first-order valence-electron chi connectivity index (χ1n) is 11.8. The van der Waals surface area contributed by atoms with Crippen LogP contribution in [0.1, 0.15) is 40.8 Å². The van der Waals surface area contributed by atoms with Gasteiger partial charge in [0.1, 0.15) is 5.82 Å². The number of aromatic nitrogens is 5. The van der Waals surface area contributed by atoms with Crippen molar-refractivity contribution in [3.63, 3.8) is 0 Å². The fourth-order valence-corrected chi connectivity index (χ4v) is 4.20. The van der Waals surface area contributed by atoms with E-state index in [0.717, 1.165) is 70.0 Å². The number of imidazole rings is 1. The summed E-state index contributed by atoms with van der Waals surface area (Å²) >= 11 is 0. The van der Waals surface area contributed by atoms with E-state index in [1.54, 1.807) is 18.5 Å². The lowest BCUT2D eigenvalue weighted by Gasteiger charge is -2.06. The number of aromatic amines is 1. The fourth-order valence-electron chi connectivity index (χ4n) is 4.20. The fraction of sp³-hybridized carbons (Fsp3) is 0.179. The van der Waals surface area contributed by atoms with E-state index in [1.165, 1.54) is 0 Å². The number of primary amides is 1. The van der Waals surface area contributed by atoms with E-state index in [1.807, 2.05) is 48.5 Å². The third-order valence-corrected chi connectivity index (χ3v) is 5.93. The first-order chi connectivity index (χ1) is 17.1. The number of pyridine rings is 1. The Bertz CT molecular complexity index is 1510. The van der Waals surface area contributed by atoms with E-state index >= 15 is 0 Å². The van der Waals surface area contributed by atoms with Crippen molar-refractivity contribution >= 4 is 16.9 Å². The van der Waals surface area contributed by atoms with Crippen molar-refractivity contribution in [2.45, 2.75) is 32.6 Å². The van der Waals surface area contributed by atoms with E-state index in [-0.39, 0.29) is 0 Å². The zero-order valence-electron chi connectivity index (χ0n) is 19.5. The highest BCUT2D eigenvalue weighted by atomic mass is 16.1. The molecule has 174 valence electrons. The van der Waals surface area contributed by atoms with Gasteiger partial charge in [-0.25, -0.2) is 4.98 Å². The molecule has 0 atom stereocenters. The highest BCUT2D eigenvalue weighted by Gasteiger charge is 2.17. The number of H-pyrrole nitrogens is 1. The molecule has 5 aromatic rings. The van der Waals surface area contributed by atoms with Crippen LogP contribution in [0, 0.1) is 0 Å². The van der Waals surface area contributed by atoms with E-state index in [4.69, 9.17) is 15.7 Å². The molecule has 1 amide bonds. The zero-order chi connectivity index (χ0) is 24.2. The molecule has 0 unspecified atom stereocenters. The summed E-state index contributed by atoms with van der Waals surface area (Å²) in [6.07, 6.45) is 6.74. The minimum atomic E-state index is -0.424. The average Bonchev–Trinajstić information content (AvgIpc) is 3.32. The smallest absolute Gasteiger partial charge is 0.248 e. The largest absolute Gasteiger partial charge is 0.366 e. The van der Waals surface area contributed by atoms with Crippen LogP contribution in [0.5, 0.6) is 0 Å². The molecule has 0 bridgehead atoms. The van der Waals surface area contributed by atoms with Gasteiger partial charge < -0.3 is 10.7 Å². The molecule has 0 spiro atoms. The summed E-state index contributed by atoms with van der Waals surface area (Å²) < 4.78 is 0. The summed E-state index contributed by atoms with van der Waals surface area (Å²) in [7, 11) is 0. The molecule has 2 aromatic carbocycles. The lowest BCUT2D eigenvalue weighted by Crippen LogP contribution is -2.11. The maximum Gasteiger partial charge on any atom is 0.248 e. The van der Waals surface area contributed by atoms with Crippen molar-refractivity contribution in [2.75, 3.05) is 0 Å². The second-order valence-electron chi connectivity index (χ2n) is 8.50. The van der Waals surface area contributed by atoms with Gasteiger partial charge in [0.25, 0.3) is 0 Å². The third-order valence-electron chi connectivity index (χ3n) is 5.93. The maximum atomic E-state index is 11.5. The van der Waals surface area contributed by atoms with Crippen molar-refractivity contribution in [1.29, 1.82) is 0 Å². The van der Waals surface area contributed by atoms with Crippen molar-refractivity contribution in [3.05, 3.63) is 95.7 Å². The van der Waals surface area contributed by atoms with Crippen LogP contribution >= 0.6 is 0 Å². The third kappa shape index (κ3) is 4.94. The van der Waals surface area contributed by atoms with Crippen LogP contribution in [0.15, 0.2) is 73.1 Å². The number of carbonyl (C=O) groups is 1. The monoisotopic (exact) mass is 462 g/mol. The van der Waals surface area contributed by atoms with Crippen molar-refractivity contribution in [1.82, 2.24) is 24.9 Å². The number of benzene rings is 2. The van der Waals surface area contributed by atoms with Crippen LogP contribution in [0.25, 0.3) is 33.7 Å². The van der Waals surface area contributed by atoms with Gasteiger partial charge in [-0.2, -0.15) is 0 Å². The van der Waals surface area contributed by atoms with E-state index in [9.17, 15) is 4.79 Å². The summed E-state index contributed by atoms with van der Waals surface area (Å²) in [5, 5.41) is 0. The van der Waals surface area contributed by atoms with Crippen LogP contribution < -0.4 is 5.73 Å². The van der Waals surface area contributed by atoms with Gasteiger partial charge in [-0.1, -0.05) is 37.6 Å². The van der Waals surface area contributed by atoms with Crippen LogP contribution in [0.4, 0.5) is 0 Å². The second-order valence-corrected chi connectivity index (χ2v) is 8.50. The summed E-state index contributed by atoms with van der Waals surface area (Å²) in [6.45, 7) is 2.15. The quantitative estimate of drug-likeness (QED) is 0.340. The number of fused-ring (bicyclic) bond motifs is 1. The van der Waals surface area contributed by atoms with Crippen molar-refractivity contribution in [3.8, 4) is 22.6 Å². The molecule has 0 aliphatic rings. The first kappa shape index (κ1) is 22.4. The minimum Gasteiger partial charge on any atom is -0.366 e. The number of carbonyl (C=O) groups excluding carboxylic acids is 1. The Balaban J connectivity index is 1.53. The molecular weight excluding hydrogens is 436 g/mol. The molecule has 7 nitrogen and oxygen atoms in total. The molecule has 0 aliphatic carbocycles. The van der Waals surface area contributed by atoms with Crippen molar-refractivity contribution in [2.24, 2.45) is 5.73 Å². The second kappa shape index (κ2) is 9.85. The molecule has 3 aromatic heterocycles. The number of hydrogen-bond donors (Lipinski definition) is 2.